The summed E-state index contributed by atoms with van der Waals surface area (Å²) in [6.07, 6.45) is 2.41. The molecule has 0 spiro atoms. The fraction of sp³-hybridized carbons (Fsp3) is 0.867. The number of nitrogens with zero attached hydrogens (tertiary/aromatic N) is 3. The summed E-state index contributed by atoms with van der Waals surface area (Å²) in [5.74, 6) is 0.601. The van der Waals surface area contributed by atoms with Crippen molar-refractivity contribution in [3.8, 4) is 0 Å². The second kappa shape index (κ2) is 9.00. The van der Waals surface area contributed by atoms with E-state index in [2.05, 4.69) is 11.8 Å². The van der Waals surface area contributed by atoms with E-state index in [1.807, 2.05) is 4.90 Å². The number of amides is 2. The molecule has 0 aromatic heterocycles. The van der Waals surface area contributed by atoms with Crippen molar-refractivity contribution >= 4 is 11.8 Å². The van der Waals surface area contributed by atoms with Crippen molar-refractivity contribution in [1.29, 1.82) is 0 Å². The Labute approximate surface area is 128 Å². The minimum atomic E-state index is 0.115. The third-order valence-corrected chi connectivity index (χ3v) is 4.17. The van der Waals surface area contributed by atoms with Crippen LogP contribution in [0.15, 0.2) is 0 Å². The number of hydrogen-bond acceptors (Lipinski definition) is 4. The van der Waals surface area contributed by atoms with E-state index in [4.69, 9.17) is 5.73 Å². The van der Waals surface area contributed by atoms with Gasteiger partial charge in [0.25, 0.3) is 0 Å². The Morgan fingerprint density at radius 2 is 1.90 bits per heavy atom. The van der Waals surface area contributed by atoms with Crippen molar-refractivity contribution in [2.75, 3.05) is 53.4 Å². The predicted octanol–water partition coefficient (Wildman–Crippen LogP) is -0.0161. The van der Waals surface area contributed by atoms with E-state index in [1.54, 1.807) is 19.0 Å². The van der Waals surface area contributed by atoms with Crippen molar-refractivity contribution in [2.45, 2.75) is 26.2 Å². The summed E-state index contributed by atoms with van der Waals surface area (Å²) in [5.41, 5.74) is 5.68. The number of carbonyl (C=O) groups is 2. The van der Waals surface area contributed by atoms with Gasteiger partial charge in [0.05, 0.1) is 6.54 Å². The van der Waals surface area contributed by atoms with Crippen molar-refractivity contribution in [3.05, 3.63) is 0 Å². The lowest BCUT2D eigenvalue weighted by Gasteiger charge is -2.24. The number of nitrogens with two attached hydrogens (primary N) is 1. The smallest absolute Gasteiger partial charge is 0.236 e. The maximum atomic E-state index is 12.3. The highest BCUT2D eigenvalue weighted by Crippen LogP contribution is 2.11. The zero-order valence-electron chi connectivity index (χ0n) is 13.7. The van der Waals surface area contributed by atoms with E-state index in [9.17, 15) is 9.59 Å². The molecule has 122 valence electrons. The van der Waals surface area contributed by atoms with Crippen LogP contribution in [-0.2, 0) is 9.59 Å². The quantitative estimate of drug-likeness (QED) is 0.748. The van der Waals surface area contributed by atoms with E-state index >= 15 is 0 Å². The average molecular weight is 298 g/mol. The van der Waals surface area contributed by atoms with E-state index in [-0.39, 0.29) is 17.7 Å². The molecule has 6 nitrogen and oxygen atoms in total. The summed E-state index contributed by atoms with van der Waals surface area (Å²) in [5, 5.41) is 0. The van der Waals surface area contributed by atoms with Gasteiger partial charge in [-0.05, 0) is 18.9 Å². The lowest BCUT2D eigenvalue weighted by atomic mass is 10.0. The molecule has 1 fully saturated rings. The second-order valence-electron chi connectivity index (χ2n) is 6.01. The highest BCUT2D eigenvalue weighted by atomic mass is 16.2. The zero-order chi connectivity index (χ0) is 15.8. The molecule has 1 rings (SSSR count). The maximum Gasteiger partial charge on any atom is 0.236 e. The standard InChI is InChI=1S/C15H30N4O2/c1-4-13(11-16)10-14(20)19-7-5-6-18(8-9-19)12-15(21)17(2)3/h13H,4-12,16H2,1-3H3. The monoisotopic (exact) mass is 298 g/mol. The molecule has 0 saturated carbocycles. The van der Waals surface area contributed by atoms with Crippen LogP contribution in [0.2, 0.25) is 0 Å². The first-order chi connectivity index (χ1) is 9.97. The van der Waals surface area contributed by atoms with E-state index < -0.39 is 0 Å². The summed E-state index contributed by atoms with van der Waals surface area (Å²) < 4.78 is 0. The number of hydrogen-bond donors (Lipinski definition) is 1. The molecule has 0 radical (unpaired) electrons. The normalized spacial score (nSPS) is 18.2. The van der Waals surface area contributed by atoms with E-state index in [0.717, 1.165) is 32.5 Å². The third kappa shape index (κ3) is 6.01. The van der Waals surface area contributed by atoms with Crippen LogP contribution in [0, 0.1) is 5.92 Å². The molecule has 6 heteroatoms. The van der Waals surface area contributed by atoms with Crippen LogP contribution < -0.4 is 5.73 Å². The minimum absolute atomic E-state index is 0.115. The fourth-order valence-corrected chi connectivity index (χ4v) is 2.48. The largest absolute Gasteiger partial charge is 0.348 e. The first-order valence-corrected chi connectivity index (χ1v) is 7.88. The van der Waals surface area contributed by atoms with Crippen LogP contribution in [0.1, 0.15) is 26.2 Å². The fourth-order valence-electron chi connectivity index (χ4n) is 2.48. The van der Waals surface area contributed by atoms with Gasteiger partial charge >= 0.3 is 0 Å². The molecule has 2 amide bonds. The lowest BCUT2D eigenvalue weighted by Crippen LogP contribution is -2.40. The van der Waals surface area contributed by atoms with Gasteiger partial charge in [-0.2, -0.15) is 0 Å². The molecule has 1 heterocycles. The maximum absolute atomic E-state index is 12.3. The van der Waals surface area contributed by atoms with Crippen molar-refractivity contribution < 1.29 is 9.59 Å². The molecule has 0 aromatic rings. The van der Waals surface area contributed by atoms with Gasteiger partial charge < -0.3 is 15.5 Å². The van der Waals surface area contributed by atoms with Crippen molar-refractivity contribution in [2.24, 2.45) is 11.7 Å². The van der Waals surface area contributed by atoms with Crippen LogP contribution in [0.5, 0.6) is 0 Å². The Bertz CT molecular complexity index is 343. The molecule has 1 unspecified atom stereocenters. The van der Waals surface area contributed by atoms with Gasteiger partial charge in [0.15, 0.2) is 0 Å². The number of likely N-dealkylation sites (N-methyl/N-ethyl adjacent to an activating group) is 1. The Balaban J connectivity index is 2.44. The molecule has 0 aliphatic carbocycles. The zero-order valence-corrected chi connectivity index (χ0v) is 13.7. The lowest BCUT2D eigenvalue weighted by molar-refractivity contribution is -0.132. The minimum Gasteiger partial charge on any atom is -0.348 e. The molecule has 0 bridgehead atoms. The van der Waals surface area contributed by atoms with Gasteiger partial charge in [-0.25, -0.2) is 0 Å². The summed E-state index contributed by atoms with van der Waals surface area (Å²) in [7, 11) is 3.54. The van der Waals surface area contributed by atoms with Crippen LogP contribution in [-0.4, -0.2) is 79.9 Å². The van der Waals surface area contributed by atoms with Crippen LogP contribution in [0.3, 0.4) is 0 Å². The molecule has 1 saturated heterocycles. The Kier molecular flexibility index (Phi) is 7.67. The third-order valence-electron chi connectivity index (χ3n) is 4.17. The molecule has 1 aliphatic rings. The molecule has 21 heavy (non-hydrogen) atoms. The number of rotatable bonds is 6. The summed E-state index contributed by atoms with van der Waals surface area (Å²) in [4.78, 5) is 29.7. The highest BCUT2D eigenvalue weighted by Gasteiger charge is 2.22. The summed E-state index contributed by atoms with van der Waals surface area (Å²) in [6, 6.07) is 0. The van der Waals surface area contributed by atoms with Gasteiger partial charge in [-0.15, -0.1) is 0 Å². The highest BCUT2D eigenvalue weighted by molar-refractivity contribution is 5.78. The molecule has 1 aliphatic heterocycles. The summed E-state index contributed by atoms with van der Waals surface area (Å²) in [6.45, 7) is 6.21. The number of carbonyl (C=O) groups excluding carboxylic acids is 2. The van der Waals surface area contributed by atoms with Gasteiger partial charge in [0.2, 0.25) is 11.8 Å². The Morgan fingerprint density at radius 1 is 1.19 bits per heavy atom. The molecule has 0 aromatic carbocycles. The van der Waals surface area contributed by atoms with E-state index in [0.29, 0.717) is 26.1 Å². The van der Waals surface area contributed by atoms with Crippen molar-refractivity contribution in [1.82, 2.24) is 14.7 Å². The van der Waals surface area contributed by atoms with Gasteiger partial charge in [0, 0.05) is 46.7 Å². The SMILES string of the molecule is CCC(CN)CC(=O)N1CCCN(CC(=O)N(C)C)CC1. The predicted molar refractivity (Wildman–Crippen MR) is 83.8 cm³/mol. The van der Waals surface area contributed by atoms with Crippen molar-refractivity contribution in [3.63, 3.8) is 0 Å². The second-order valence-corrected chi connectivity index (χ2v) is 6.01. The van der Waals surface area contributed by atoms with Crippen LogP contribution in [0.25, 0.3) is 0 Å². The molecule has 1 atom stereocenters. The Morgan fingerprint density at radius 3 is 2.48 bits per heavy atom. The van der Waals surface area contributed by atoms with Gasteiger partial charge in [-0.3, -0.25) is 14.5 Å². The molecular formula is C15H30N4O2. The Hall–Kier alpha value is -1.14. The first kappa shape index (κ1) is 17.9. The van der Waals surface area contributed by atoms with E-state index in [1.165, 1.54) is 0 Å². The topological polar surface area (TPSA) is 69.9 Å². The molecular weight excluding hydrogens is 268 g/mol. The average Bonchev–Trinajstić information content (AvgIpc) is 2.70. The van der Waals surface area contributed by atoms with Gasteiger partial charge in [-0.1, -0.05) is 13.3 Å². The molecule has 2 N–H and O–H groups in total. The van der Waals surface area contributed by atoms with Crippen LogP contribution in [0.4, 0.5) is 0 Å². The first-order valence-electron chi connectivity index (χ1n) is 7.88. The summed E-state index contributed by atoms with van der Waals surface area (Å²) >= 11 is 0. The van der Waals surface area contributed by atoms with Gasteiger partial charge in [0.1, 0.15) is 0 Å². The van der Waals surface area contributed by atoms with Crippen LogP contribution >= 0.6 is 0 Å².